The van der Waals surface area contributed by atoms with E-state index in [-0.39, 0.29) is 17.8 Å². The molecule has 0 aromatic heterocycles. The molecule has 1 heterocycles. The number of rotatable bonds is 4. The van der Waals surface area contributed by atoms with E-state index in [1.165, 1.54) is 5.41 Å². The van der Waals surface area contributed by atoms with Crippen molar-refractivity contribution in [3.63, 3.8) is 0 Å². The average Bonchev–Trinajstić information content (AvgIpc) is 2.68. The molecule has 1 aliphatic rings. The summed E-state index contributed by atoms with van der Waals surface area (Å²) in [5.74, 6) is 0.954. The molecule has 0 bridgehead atoms. The van der Waals surface area contributed by atoms with E-state index >= 15 is 0 Å². The summed E-state index contributed by atoms with van der Waals surface area (Å²) in [6.45, 7) is 4.02. The molecule has 0 spiro atoms. The number of hydrogen-bond acceptors (Lipinski definition) is 4. The molecule has 0 saturated carbocycles. The first-order valence-electron chi connectivity index (χ1n) is 6.23. The maximum absolute atomic E-state index is 11.4. The van der Waals surface area contributed by atoms with Crippen LogP contribution < -0.4 is 10.1 Å². The Morgan fingerprint density at radius 3 is 2.74 bits per heavy atom. The van der Waals surface area contributed by atoms with Gasteiger partial charge in [-0.05, 0) is 25.5 Å². The van der Waals surface area contributed by atoms with Crippen LogP contribution in [0.4, 0.5) is 0 Å². The van der Waals surface area contributed by atoms with Gasteiger partial charge in [-0.3, -0.25) is 0 Å². The lowest BCUT2D eigenvalue weighted by atomic mass is 10.0. The van der Waals surface area contributed by atoms with Crippen molar-refractivity contribution < 1.29 is 13.2 Å². The highest BCUT2D eigenvalue weighted by Crippen LogP contribution is 2.27. The van der Waals surface area contributed by atoms with Crippen LogP contribution >= 0.6 is 0 Å². The Morgan fingerprint density at radius 1 is 1.42 bits per heavy atom. The highest BCUT2D eigenvalue weighted by Gasteiger charge is 2.23. The van der Waals surface area contributed by atoms with Gasteiger partial charge in [-0.25, -0.2) is 8.42 Å². The Bertz CT molecular complexity index is 593. The van der Waals surface area contributed by atoms with Gasteiger partial charge in [0.2, 0.25) is 0 Å². The molecule has 4 nitrogen and oxygen atoms in total. The smallest absolute Gasteiger partial charge is 0.173 e. The molecule has 0 saturated heterocycles. The van der Waals surface area contributed by atoms with Gasteiger partial charge in [0, 0.05) is 23.1 Å². The van der Waals surface area contributed by atoms with Crippen molar-refractivity contribution in [3.8, 4) is 5.75 Å². The minimum Gasteiger partial charge on any atom is -0.496 e. The van der Waals surface area contributed by atoms with Crippen molar-refractivity contribution >= 4 is 9.84 Å². The lowest BCUT2D eigenvalue weighted by molar-refractivity contribution is 0.400. The van der Waals surface area contributed by atoms with Gasteiger partial charge in [-0.2, -0.15) is 0 Å². The van der Waals surface area contributed by atoms with Gasteiger partial charge in [0.25, 0.3) is 0 Å². The molecule has 0 amide bonds. The average molecular weight is 281 g/mol. The zero-order valence-corrected chi connectivity index (χ0v) is 12.2. The van der Waals surface area contributed by atoms with Gasteiger partial charge in [0.05, 0.1) is 12.9 Å². The third-order valence-electron chi connectivity index (χ3n) is 3.25. The predicted molar refractivity (Wildman–Crippen MR) is 76.0 cm³/mol. The van der Waals surface area contributed by atoms with Gasteiger partial charge in [-0.1, -0.05) is 18.2 Å². The zero-order chi connectivity index (χ0) is 14.0. The number of nitrogens with one attached hydrogen (secondary N) is 1. The van der Waals surface area contributed by atoms with Crippen LogP contribution in [0.15, 0.2) is 29.7 Å². The van der Waals surface area contributed by atoms with Crippen molar-refractivity contribution in [2.75, 3.05) is 12.9 Å². The number of benzene rings is 1. The lowest BCUT2D eigenvalue weighted by Gasteiger charge is -2.20. The summed E-state index contributed by atoms with van der Waals surface area (Å²) in [7, 11) is -1.38. The van der Waals surface area contributed by atoms with Crippen LogP contribution in [0.5, 0.6) is 5.75 Å². The Morgan fingerprint density at radius 2 is 2.16 bits per heavy atom. The zero-order valence-electron chi connectivity index (χ0n) is 11.4. The molecule has 2 unspecified atom stereocenters. The van der Waals surface area contributed by atoms with Crippen LogP contribution in [0, 0.1) is 6.92 Å². The van der Waals surface area contributed by atoms with Crippen LogP contribution in [0.2, 0.25) is 0 Å². The van der Waals surface area contributed by atoms with Gasteiger partial charge < -0.3 is 10.1 Å². The number of ether oxygens (including phenoxy) is 1. The molecule has 0 fully saturated rings. The van der Waals surface area contributed by atoms with Gasteiger partial charge in [0.1, 0.15) is 5.75 Å². The lowest BCUT2D eigenvalue weighted by Crippen LogP contribution is -2.32. The second-order valence-electron chi connectivity index (χ2n) is 4.90. The maximum Gasteiger partial charge on any atom is 0.173 e. The van der Waals surface area contributed by atoms with E-state index in [2.05, 4.69) is 5.32 Å². The maximum atomic E-state index is 11.4. The van der Waals surface area contributed by atoms with E-state index in [0.29, 0.717) is 0 Å². The molecular weight excluding hydrogens is 262 g/mol. The fourth-order valence-electron chi connectivity index (χ4n) is 2.27. The Labute approximate surface area is 114 Å². The van der Waals surface area contributed by atoms with Crippen molar-refractivity contribution in [1.82, 2.24) is 5.32 Å². The largest absolute Gasteiger partial charge is 0.496 e. The molecule has 1 aromatic carbocycles. The fraction of sp³-hybridized carbons (Fsp3) is 0.429. The normalized spacial score (nSPS) is 22.4. The van der Waals surface area contributed by atoms with E-state index in [1.54, 1.807) is 13.2 Å². The van der Waals surface area contributed by atoms with Crippen molar-refractivity contribution in [1.29, 1.82) is 0 Å². The van der Waals surface area contributed by atoms with E-state index in [4.69, 9.17) is 4.74 Å². The van der Waals surface area contributed by atoms with E-state index in [0.717, 1.165) is 16.9 Å². The van der Waals surface area contributed by atoms with Crippen LogP contribution in [-0.4, -0.2) is 27.3 Å². The Balaban J connectivity index is 2.13. The topological polar surface area (TPSA) is 55.4 Å². The summed E-state index contributed by atoms with van der Waals surface area (Å²) in [5.41, 5.74) is 2.17. The molecule has 2 rings (SSSR count). The molecule has 1 N–H and O–H groups in total. The number of sulfone groups is 1. The second kappa shape index (κ2) is 5.35. The standard InChI is InChI=1S/C14H19NO3S/c1-10-4-5-13(14(8-10)18-3)11(2)15-12-6-7-19(16,17)9-12/h4-8,11-12,15H,9H2,1-3H3. The summed E-state index contributed by atoms with van der Waals surface area (Å²) in [6.07, 6.45) is 1.70. The predicted octanol–water partition coefficient (Wildman–Crippen LogP) is 1.96. The first kappa shape index (κ1) is 14.1. The number of hydrogen-bond donors (Lipinski definition) is 1. The first-order chi connectivity index (χ1) is 8.91. The Hall–Kier alpha value is -1.33. The molecule has 0 aliphatic carbocycles. The summed E-state index contributed by atoms with van der Waals surface area (Å²) in [5, 5.41) is 4.58. The van der Waals surface area contributed by atoms with Gasteiger partial charge in [0.15, 0.2) is 9.84 Å². The van der Waals surface area contributed by atoms with Crippen LogP contribution in [0.1, 0.15) is 24.1 Å². The minimum absolute atomic E-state index is 0.0264. The van der Waals surface area contributed by atoms with E-state index < -0.39 is 9.84 Å². The molecule has 19 heavy (non-hydrogen) atoms. The first-order valence-corrected chi connectivity index (χ1v) is 7.94. The molecule has 104 valence electrons. The summed E-state index contributed by atoms with van der Waals surface area (Å²) >= 11 is 0. The van der Waals surface area contributed by atoms with Crippen molar-refractivity contribution in [3.05, 3.63) is 40.8 Å². The Kier molecular flexibility index (Phi) is 3.96. The minimum atomic E-state index is -3.02. The second-order valence-corrected chi connectivity index (χ2v) is 6.83. The summed E-state index contributed by atoms with van der Waals surface area (Å²) < 4.78 is 28.1. The third-order valence-corrected chi connectivity index (χ3v) is 4.65. The summed E-state index contributed by atoms with van der Waals surface area (Å²) in [6, 6.07) is 5.91. The van der Waals surface area contributed by atoms with E-state index in [1.807, 2.05) is 32.0 Å². The van der Waals surface area contributed by atoms with Crippen LogP contribution in [0.25, 0.3) is 0 Å². The van der Waals surface area contributed by atoms with Gasteiger partial charge in [-0.15, -0.1) is 0 Å². The number of methoxy groups -OCH3 is 1. The molecule has 1 aromatic rings. The van der Waals surface area contributed by atoms with Gasteiger partial charge >= 0.3 is 0 Å². The van der Waals surface area contributed by atoms with Crippen molar-refractivity contribution in [2.45, 2.75) is 25.9 Å². The fourth-order valence-corrected chi connectivity index (χ4v) is 3.51. The van der Waals surface area contributed by atoms with Crippen molar-refractivity contribution in [2.24, 2.45) is 0 Å². The molecule has 1 aliphatic heterocycles. The SMILES string of the molecule is COc1cc(C)ccc1C(C)NC1C=CS(=O)(=O)C1. The molecule has 0 radical (unpaired) electrons. The third kappa shape index (κ3) is 3.36. The monoisotopic (exact) mass is 281 g/mol. The molecule has 5 heteroatoms. The molecule has 2 atom stereocenters. The molecular formula is C14H19NO3S. The number of aryl methyl sites for hydroxylation is 1. The van der Waals surface area contributed by atoms with Crippen LogP contribution in [0.3, 0.4) is 0 Å². The highest BCUT2D eigenvalue weighted by atomic mass is 32.2. The summed E-state index contributed by atoms with van der Waals surface area (Å²) in [4.78, 5) is 0. The quantitative estimate of drug-likeness (QED) is 0.916. The van der Waals surface area contributed by atoms with E-state index in [9.17, 15) is 8.42 Å². The van der Waals surface area contributed by atoms with Crippen LogP contribution in [-0.2, 0) is 9.84 Å². The highest BCUT2D eigenvalue weighted by molar-refractivity contribution is 7.94.